The molecule has 1 aliphatic rings. The van der Waals surface area contributed by atoms with Crippen molar-refractivity contribution in [3.05, 3.63) is 23.3 Å². The van der Waals surface area contributed by atoms with Gasteiger partial charge in [0.25, 0.3) is 0 Å². The van der Waals surface area contributed by atoms with Crippen LogP contribution < -0.4 is 0 Å². The summed E-state index contributed by atoms with van der Waals surface area (Å²) in [5.41, 5.74) is 1.95. The average molecular weight is 284 g/mol. The molecular weight excluding hydrogens is 260 g/mol. The number of ether oxygens (including phenoxy) is 1. The summed E-state index contributed by atoms with van der Waals surface area (Å²) in [5, 5.41) is 0. The fourth-order valence-corrected chi connectivity index (χ4v) is 2.57. The highest BCUT2D eigenvalue weighted by Crippen LogP contribution is 2.59. The predicted molar refractivity (Wildman–Crippen MR) is 86.1 cm³/mol. The molecular formula is C19H24O2. The van der Waals surface area contributed by atoms with Crippen molar-refractivity contribution in [2.24, 2.45) is 17.3 Å². The van der Waals surface area contributed by atoms with Gasteiger partial charge in [-0.05, 0) is 37.7 Å². The second kappa shape index (κ2) is 6.68. The largest absolute Gasteiger partial charge is 0.444 e. The van der Waals surface area contributed by atoms with Crippen molar-refractivity contribution in [1.29, 1.82) is 0 Å². The van der Waals surface area contributed by atoms with Crippen molar-refractivity contribution in [2.45, 2.75) is 47.1 Å². The predicted octanol–water partition coefficient (Wildman–Crippen LogP) is 3.74. The van der Waals surface area contributed by atoms with E-state index in [0.29, 0.717) is 6.42 Å². The van der Waals surface area contributed by atoms with Gasteiger partial charge in [0.2, 0.25) is 0 Å². The van der Waals surface area contributed by atoms with E-state index in [-0.39, 0.29) is 23.2 Å². The number of rotatable bonds is 5. The van der Waals surface area contributed by atoms with E-state index >= 15 is 0 Å². The fourth-order valence-electron chi connectivity index (χ4n) is 2.57. The van der Waals surface area contributed by atoms with Gasteiger partial charge in [0.05, 0.1) is 5.92 Å². The van der Waals surface area contributed by atoms with Crippen LogP contribution in [0.2, 0.25) is 0 Å². The third-order valence-electron chi connectivity index (χ3n) is 4.02. The Bertz CT molecular complexity index is 545. The first-order chi connectivity index (χ1) is 9.75. The van der Waals surface area contributed by atoms with Gasteiger partial charge in [-0.25, -0.2) is 0 Å². The Hall–Kier alpha value is -1.93. The smallest absolute Gasteiger partial charge is 0.311 e. The molecule has 21 heavy (non-hydrogen) atoms. The lowest BCUT2D eigenvalue weighted by Crippen LogP contribution is -2.20. The third-order valence-corrected chi connectivity index (χ3v) is 4.02. The fraction of sp³-hybridized carbons (Fsp3) is 0.526. The highest BCUT2D eigenvalue weighted by atomic mass is 16.5. The Morgan fingerprint density at radius 3 is 2.43 bits per heavy atom. The quantitative estimate of drug-likeness (QED) is 0.437. The number of allylic oxidation sites excluding steroid dienone is 3. The van der Waals surface area contributed by atoms with Gasteiger partial charge in [-0.3, -0.25) is 4.79 Å². The molecule has 0 aliphatic heterocycles. The lowest BCUT2D eigenvalue weighted by Gasteiger charge is -2.13. The van der Waals surface area contributed by atoms with Gasteiger partial charge in [-0.1, -0.05) is 37.5 Å². The lowest BCUT2D eigenvalue weighted by molar-refractivity contribution is -0.147. The van der Waals surface area contributed by atoms with Gasteiger partial charge in [-0.15, -0.1) is 18.8 Å². The summed E-state index contributed by atoms with van der Waals surface area (Å²) in [6.07, 6.45) is 14.5. The molecule has 0 radical (unpaired) electrons. The zero-order valence-electron chi connectivity index (χ0n) is 13.6. The van der Waals surface area contributed by atoms with Gasteiger partial charge >= 0.3 is 5.97 Å². The Morgan fingerprint density at radius 2 is 1.95 bits per heavy atom. The number of terminal acetylenes is 2. The zero-order valence-corrected chi connectivity index (χ0v) is 13.6. The maximum Gasteiger partial charge on any atom is 0.311 e. The number of carbonyl (C=O) groups is 1. The number of esters is 1. The minimum Gasteiger partial charge on any atom is -0.444 e. The minimum absolute atomic E-state index is 0.0655. The van der Waals surface area contributed by atoms with Crippen LogP contribution in [0.4, 0.5) is 0 Å². The molecule has 3 atom stereocenters. The van der Waals surface area contributed by atoms with Crippen molar-refractivity contribution in [2.75, 3.05) is 0 Å². The summed E-state index contributed by atoms with van der Waals surface area (Å²) in [6, 6.07) is 0. The van der Waals surface area contributed by atoms with E-state index in [0.717, 1.165) is 5.57 Å². The van der Waals surface area contributed by atoms with Crippen molar-refractivity contribution in [1.82, 2.24) is 0 Å². The van der Waals surface area contributed by atoms with Crippen molar-refractivity contribution in [3.8, 4) is 24.7 Å². The second-order valence-corrected chi connectivity index (χ2v) is 6.41. The molecule has 1 aliphatic carbocycles. The number of hydrogen-bond donors (Lipinski definition) is 0. The van der Waals surface area contributed by atoms with E-state index < -0.39 is 6.10 Å². The average Bonchev–Trinajstić information content (AvgIpc) is 2.93. The summed E-state index contributed by atoms with van der Waals surface area (Å²) in [5.74, 6) is 4.91. The molecule has 1 rings (SSSR count). The molecule has 2 heteroatoms. The van der Waals surface area contributed by atoms with Crippen LogP contribution in [0.25, 0.3) is 0 Å². The third kappa shape index (κ3) is 4.02. The van der Waals surface area contributed by atoms with Crippen LogP contribution in [0, 0.1) is 41.9 Å². The maximum absolute atomic E-state index is 12.3. The van der Waals surface area contributed by atoms with E-state index in [9.17, 15) is 4.79 Å². The van der Waals surface area contributed by atoms with Crippen LogP contribution in [0.3, 0.4) is 0 Å². The van der Waals surface area contributed by atoms with Crippen molar-refractivity contribution < 1.29 is 9.53 Å². The molecule has 1 fully saturated rings. The van der Waals surface area contributed by atoms with Gasteiger partial charge < -0.3 is 4.74 Å². The SMILES string of the molecule is C#CCC=C(C)C(C#C)OC(=O)C1C(C=C(C)C)C1(C)C. The summed E-state index contributed by atoms with van der Waals surface area (Å²) >= 11 is 0. The van der Waals surface area contributed by atoms with Gasteiger partial charge in [-0.2, -0.15) is 0 Å². The number of hydrogen-bond acceptors (Lipinski definition) is 2. The monoisotopic (exact) mass is 284 g/mol. The molecule has 0 aromatic carbocycles. The van der Waals surface area contributed by atoms with E-state index in [2.05, 4.69) is 31.8 Å². The minimum atomic E-state index is -0.630. The molecule has 1 saturated carbocycles. The molecule has 2 nitrogen and oxygen atoms in total. The molecule has 0 saturated heterocycles. The molecule has 3 unspecified atom stereocenters. The van der Waals surface area contributed by atoms with Crippen LogP contribution in [0.5, 0.6) is 0 Å². The highest BCUT2D eigenvalue weighted by molar-refractivity contribution is 5.79. The summed E-state index contributed by atoms with van der Waals surface area (Å²) < 4.78 is 5.49. The molecule has 0 heterocycles. The molecule has 0 spiro atoms. The topological polar surface area (TPSA) is 26.3 Å². The second-order valence-electron chi connectivity index (χ2n) is 6.41. The summed E-state index contributed by atoms with van der Waals surface area (Å²) in [7, 11) is 0. The first-order valence-corrected chi connectivity index (χ1v) is 7.17. The zero-order chi connectivity index (χ0) is 16.2. The van der Waals surface area contributed by atoms with Crippen molar-refractivity contribution in [3.63, 3.8) is 0 Å². The Balaban J connectivity index is 2.76. The molecule has 0 N–H and O–H groups in total. The van der Waals surface area contributed by atoms with E-state index in [1.807, 2.05) is 26.8 Å². The Kier molecular flexibility index (Phi) is 5.45. The van der Waals surface area contributed by atoms with Crippen LogP contribution in [0.15, 0.2) is 23.3 Å². The normalized spacial score (nSPS) is 24.2. The van der Waals surface area contributed by atoms with Crippen LogP contribution in [-0.4, -0.2) is 12.1 Å². The maximum atomic E-state index is 12.3. The van der Waals surface area contributed by atoms with Gasteiger partial charge in [0, 0.05) is 6.42 Å². The van der Waals surface area contributed by atoms with Crippen LogP contribution >= 0.6 is 0 Å². The molecule has 0 amide bonds. The first-order valence-electron chi connectivity index (χ1n) is 7.17. The van der Waals surface area contributed by atoms with Gasteiger partial charge in [0.1, 0.15) is 0 Å². The van der Waals surface area contributed by atoms with E-state index in [4.69, 9.17) is 17.6 Å². The molecule has 0 bridgehead atoms. The highest BCUT2D eigenvalue weighted by Gasteiger charge is 2.61. The van der Waals surface area contributed by atoms with Crippen LogP contribution in [-0.2, 0) is 9.53 Å². The van der Waals surface area contributed by atoms with Crippen LogP contribution in [0.1, 0.15) is 41.0 Å². The molecule has 112 valence electrons. The Labute approximate surface area is 128 Å². The standard InChI is InChI=1S/C19H24O2/c1-8-10-11-14(5)16(9-2)21-18(20)17-15(12-13(3)4)19(17,6)7/h1-2,11-12,15-17H,10H2,3-7H3. The van der Waals surface area contributed by atoms with E-state index in [1.54, 1.807) is 0 Å². The first kappa shape index (κ1) is 17.1. The summed E-state index contributed by atoms with van der Waals surface area (Å²) in [4.78, 5) is 12.3. The number of carbonyl (C=O) groups excluding carboxylic acids is 1. The Morgan fingerprint density at radius 1 is 1.33 bits per heavy atom. The molecule has 0 aromatic rings. The summed E-state index contributed by atoms with van der Waals surface area (Å²) in [6.45, 7) is 10.1. The van der Waals surface area contributed by atoms with Crippen molar-refractivity contribution >= 4 is 5.97 Å². The lowest BCUT2D eigenvalue weighted by atomic mass is 10.1. The van der Waals surface area contributed by atoms with E-state index in [1.165, 1.54) is 5.57 Å². The molecule has 0 aromatic heterocycles. The van der Waals surface area contributed by atoms with Gasteiger partial charge in [0.15, 0.2) is 6.10 Å².